The summed E-state index contributed by atoms with van der Waals surface area (Å²) in [5, 5.41) is 11.9. The number of benzene rings is 2. The van der Waals surface area contributed by atoms with Crippen molar-refractivity contribution in [1.82, 2.24) is 0 Å². The fourth-order valence-corrected chi connectivity index (χ4v) is 2.04. The molecular weight excluding hydrogens is 329 g/mol. The number of hydrogen-bond donors (Lipinski definition) is 2. The third kappa shape index (κ3) is 2.91. The van der Waals surface area contributed by atoms with Crippen LogP contribution in [0.2, 0.25) is 0 Å². The number of aromatic carboxylic acids is 1. The van der Waals surface area contributed by atoms with E-state index in [-0.39, 0.29) is 11.3 Å². The molecule has 20 heavy (non-hydrogen) atoms. The Balaban J connectivity index is 2.47. The Labute approximate surface area is 123 Å². The first kappa shape index (κ1) is 14.3. The van der Waals surface area contributed by atoms with Gasteiger partial charge in [0.05, 0.1) is 24.0 Å². The lowest BCUT2D eigenvalue weighted by Crippen LogP contribution is -2.05. The Hall–Kier alpha value is -2.08. The van der Waals surface area contributed by atoms with E-state index in [1.54, 1.807) is 18.2 Å². The molecule has 2 aromatic rings. The smallest absolute Gasteiger partial charge is 0.337 e. The van der Waals surface area contributed by atoms with E-state index in [0.29, 0.717) is 15.9 Å². The van der Waals surface area contributed by atoms with Gasteiger partial charge in [-0.1, -0.05) is 6.07 Å². The van der Waals surface area contributed by atoms with Crippen molar-refractivity contribution >= 4 is 33.3 Å². The zero-order chi connectivity index (χ0) is 14.7. The van der Waals surface area contributed by atoms with Crippen LogP contribution >= 0.6 is 15.9 Å². The van der Waals surface area contributed by atoms with Gasteiger partial charge in [0.15, 0.2) is 0 Å². The first-order valence-electron chi connectivity index (χ1n) is 5.65. The van der Waals surface area contributed by atoms with E-state index in [2.05, 4.69) is 21.2 Å². The average Bonchev–Trinajstić information content (AvgIpc) is 2.43. The van der Waals surface area contributed by atoms with Crippen LogP contribution in [0.4, 0.5) is 15.8 Å². The minimum atomic E-state index is -1.20. The monoisotopic (exact) mass is 339 g/mol. The summed E-state index contributed by atoms with van der Waals surface area (Å²) < 4.78 is 19.6. The maximum Gasteiger partial charge on any atom is 0.337 e. The number of methoxy groups -OCH3 is 1. The Morgan fingerprint density at radius 1 is 1.35 bits per heavy atom. The first-order valence-corrected chi connectivity index (χ1v) is 6.44. The van der Waals surface area contributed by atoms with Gasteiger partial charge in [0.25, 0.3) is 0 Å². The highest BCUT2D eigenvalue weighted by atomic mass is 79.9. The molecule has 4 nitrogen and oxygen atoms in total. The second-order valence-electron chi connectivity index (χ2n) is 3.94. The Bertz CT molecular complexity index is 661. The molecule has 0 unspecified atom stereocenters. The normalized spacial score (nSPS) is 10.2. The van der Waals surface area contributed by atoms with Gasteiger partial charge in [-0.05, 0) is 40.2 Å². The second kappa shape index (κ2) is 5.92. The van der Waals surface area contributed by atoms with Gasteiger partial charge in [0.2, 0.25) is 0 Å². The number of anilines is 2. The van der Waals surface area contributed by atoms with E-state index < -0.39 is 11.8 Å². The van der Waals surface area contributed by atoms with Crippen LogP contribution in [-0.4, -0.2) is 18.2 Å². The lowest BCUT2D eigenvalue weighted by atomic mass is 10.1. The summed E-state index contributed by atoms with van der Waals surface area (Å²) in [6, 6.07) is 8.98. The summed E-state index contributed by atoms with van der Waals surface area (Å²) in [6.45, 7) is 0. The molecule has 0 aliphatic rings. The molecule has 2 rings (SSSR count). The predicted octanol–water partition coefficient (Wildman–Crippen LogP) is 4.04. The topological polar surface area (TPSA) is 58.6 Å². The van der Waals surface area contributed by atoms with Crippen molar-refractivity contribution < 1.29 is 19.0 Å². The van der Waals surface area contributed by atoms with Crippen molar-refractivity contribution in [2.75, 3.05) is 12.4 Å². The third-order valence-electron chi connectivity index (χ3n) is 2.68. The molecule has 0 radical (unpaired) electrons. The highest BCUT2D eigenvalue weighted by Crippen LogP contribution is 2.32. The number of carboxylic acids is 1. The Morgan fingerprint density at radius 3 is 2.75 bits per heavy atom. The van der Waals surface area contributed by atoms with E-state index >= 15 is 0 Å². The fraction of sp³-hybridized carbons (Fsp3) is 0.0714. The number of carbonyl (C=O) groups is 1. The number of ether oxygens (including phenoxy) is 1. The highest BCUT2D eigenvalue weighted by Gasteiger charge is 2.15. The fourth-order valence-electron chi connectivity index (χ4n) is 1.69. The largest absolute Gasteiger partial charge is 0.497 e. The summed E-state index contributed by atoms with van der Waals surface area (Å²) in [4.78, 5) is 11.1. The maximum atomic E-state index is 13.8. The SMILES string of the molecule is COc1ccc(Br)c(Nc2c(F)cccc2C(=O)O)c1. The number of para-hydroxylation sites is 1. The van der Waals surface area contributed by atoms with Crippen LogP contribution in [0.3, 0.4) is 0 Å². The van der Waals surface area contributed by atoms with Crippen LogP contribution in [0.25, 0.3) is 0 Å². The van der Waals surface area contributed by atoms with Gasteiger partial charge in [-0.25, -0.2) is 9.18 Å². The molecule has 0 bridgehead atoms. The molecule has 0 fully saturated rings. The maximum absolute atomic E-state index is 13.8. The van der Waals surface area contributed by atoms with Crippen molar-refractivity contribution in [3.8, 4) is 5.75 Å². The molecule has 0 saturated heterocycles. The molecular formula is C14H11BrFNO3. The quantitative estimate of drug-likeness (QED) is 0.882. The minimum Gasteiger partial charge on any atom is -0.497 e. The van der Waals surface area contributed by atoms with Crippen LogP contribution in [0.15, 0.2) is 40.9 Å². The molecule has 104 valence electrons. The summed E-state index contributed by atoms with van der Waals surface area (Å²) in [6.07, 6.45) is 0. The highest BCUT2D eigenvalue weighted by molar-refractivity contribution is 9.10. The summed E-state index contributed by atoms with van der Waals surface area (Å²) >= 11 is 3.32. The average molecular weight is 340 g/mol. The van der Waals surface area contributed by atoms with Crippen LogP contribution in [0.1, 0.15) is 10.4 Å². The van der Waals surface area contributed by atoms with Gasteiger partial charge >= 0.3 is 5.97 Å². The zero-order valence-electron chi connectivity index (χ0n) is 10.5. The number of hydrogen-bond acceptors (Lipinski definition) is 3. The van der Waals surface area contributed by atoms with Crippen LogP contribution < -0.4 is 10.1 Å². The lowest BCUT2D eigenvalue weighted by molar-refractivity contribution is 0.0697. The molecule has 6 heteroatoms. The van der Waals surface area contributed by atoms with Gasteiger partial charge < -0.3 is 15.2 Å². The van der Waals surface area contributed by atoms with Gasteiger partial charge in [0, 0.05) is 10.5 Å². The molecule has 0 amide bonds. The van der Waals surface area contributed by atoms with Crippen molar-refractivity contribution in [2.45, 2.75) is 0 Å². The van der Waals surface area contributed by atoms with Crippen molar-refractivity contribution in [1.29, 1.82) is 0 Å². The first-order chi connectivity index (χ1) is 9.52. The summed E-state index contributed by atoms with van der Waals surface area (Å²) in [5.74, 6) is -1.27. The second-order valence-corrected chi connectivity index (χ2v) is 4.79. The summed E-state index contributed by atoms with van der Waals surface area (Å²) in [5.41, 5.74) is 0.283. The van der Waals surface area contributed by atoms with Crippen LogP contribution in [-0.2, 0) is 0 Å². The third-order valence-corrected chi connectivity index (χ3v) is 3.37. The molecule has 2 aromatic carbocycles. The molecule has 0 aliphatic heterocycles. The van der Waals surface area contributed by atoms with Gasteiger partial charge in [-0.3, -0.25) is 0 Å². The summed E-state index contributed by atoms with van der Waals surface area (Å²) in [7, 11) is 1.51. The molecule has 0 heterocycles. The lowest BCUT2D eigenvalue weighted by Gasteiger charge is -2.13. The molecule has 0 atom stereocenters. The van der Waals surface area contributed by atoms with Crippen molar-refractivity contribution in [2.24, 2.45) is 0 Å². The van der Waals surface area contributed by atoms with E-state index in [1.807, 2.05) is 0 Å². The number of halogens is 2. The van der Waals surface area contributed by atoms with E-state index in [4.69, 9.17) is 9.84 Å². The van der Waals surface area contributed by atoms with E-state index in [0.717, 1.165) is 0 Å². The Kier molecular flexibility index (Phi) is 4.24. The van der Waals surface area contributed by atoms with Crippen LogP contribution in [0, 0.1) is 5.82 Å². The zero-order valence-corrected chi connectivity index (χ0v) is 12.1. The molecule has 0 aromatic heterocycles. The Morgan fingerprint density at radius 2 is 2.10 bits per heavy atom. The van der Waals surface area contributed by atoms with Gasteiger partial charge in [0.1, 0.15) is 11.6 Å². The molecule has 2 N–H and O–H groups in total. The van der Waals surface area contributed by atoms with Crippen LogP contribution in [0.5, 0.6) is 5.75 Å². The van der Waals surface area contributed by atoms with Gasteiger partial charge in [-0.2, -0.15) is 0 Å². The minimum absolute atomic E-state index is 0.0889. The number of rotatable bonds is 4. The predicted molar refractivity (Wildman–Crippen MR) is 77.3 cm³/mol. The number of carboxylic acid groups (broad SMARTS) is 1. The molecule has 0 aliphatic carbocycles. The van der Waals surface area contributed by atoms with E-state index in [1.165, 1.54) is 25.3 Å². The molecule has 0 saturated carbocycles. The van der Waals surface area contributed by atoms with Crippen molar-refractivity contribution in [3.63, 3.8) is 0 Å². The molecule has 0 spiro atoms. The van der Waals surface area contributed by atoms with Gasteiger partial charge in [-0.15, -0.1) is 0 Å². The number of nitrogens with one attached hydrogen (secondary N) is 1. The standard InChI is InChI=1S/C14H11BrFNO3/c1-20-8-5-6-10(15)12(7-8)17-13-9(14(18)19)3-2-4-11(13)16/h2-7,17H,1H3,(H,18,19). The van der Waals surface area contributed by atoms with E-state index in [9.17, 15) is 9.18 Å². The van der Waals surface area contributed by atoms with Crippen molar-refractivity contribution in [3.05, 3.63) is 52.3 Å².